The van der Waals surface area contributed by atoms with E-state index in [0.717, 1.165) is 11.3 Å². The number of benzene rings is 2. The highest BCUT2D eigenvalue weighted by Gasteiger charge is 2.25. The third-order valence-corrected chi connectivity index (χ3v) is 6.27. The molecule has 170 valence electrons. The summed E-state index contributed by atoms with van der Waals surface area (Å²) < 4.78 is 10.5. The van der Waals surface area contributed by atoms with Crippen LogP contribution in [0.1, 0.15) is 33.8 Å². The van der Waals surface area contributed by atoms with Crippen molar-refractivity contribution < 1.29 is 23.8 Å². The van der Waals surface area contributed by atoms with Crippen molar-refractivity contribution in [2.24, 2.45) is 0 Å². The summed E-state index contributed by atoms with van der Waals surface area (Å²) in [5.41, 5.74) is 2.49. The minimum Gasteiger partial charge on any atom is -0.452 e. The Kier molecular flexibility index (Phi) is 6.74. The number of rotatable bonds is 7. The molecule has 0 saturated carbocycles. The second kappa shape index (κ2) is 9.86. The molecule has 0 radical (unpaired) electrons. The average molecular weight is 468 g/mol. The predicted molar refractivity (Wildman–Crippen MR) is 121 cm³/mol. The van der Waals surface area contributed by atoms with Crippen LogP contribution in [-0.4, -0.2) is 35.1 Å². The molecule has 1 aromatic heterocycles. The Morgan fingerprint density at radius 1 is 1.24 bits per heavy atom. The Morgan fingerprint density at radius 2 is 2.06 bits per heavy atom. The Bertz CT molecular complexity index is 1210. The van der Waals surface area contributed by atoms with E-state index in [4.69, 9.17) is 9.26 Å². The smallest absolute Gasteiger partial charge is 0.339 e. The lowest BCUT2D eigenvalue weighted by Gasteiger charge is -2.29. The lowest BCUT2D eigenvalue weighted by atomic mass is 10.0. The molecule has 2 heterocycles. The maximum Gasteiger partial charge on any atom is 0.339 e. The fraction of sp³-hybridized carbons (Fsp3) is 0.261. The van der Waals surface area contributed by atoms with Crippen LogP contribution >= 0.6 is 11.8 Å². The molecule has 0 saturated heterocycles. The van der Waals surface area contributed by atoms with Crippen LogP contribution in [0.3, 0.4) is 0 Å². The van der Waals surface area contributed by atoms with Crippen LogP contribution in [0.2, 0.25) is 0 Å². The highest BCUT2D eigenvalue weighted by Crippen LogP contribution is 2.31. The zero-order chi connectivity index (χ0) is 23.4. The molecule has 0 atom stereocenters. The number of non-ortho nitro benzene ring substituents is 1. The van der Waals surface area contributed by atoms with Crippen molar-refractivity contribution in [1.82, 2.24) is 5.16 Å². The zero-order valence-corrected chi connectivity index (χ0v) is 18.7. The summed E-state index contributed by atoms with van der Waals surface area (Å²) in [6.07, 6.45) is 1.32. The van der Waals surface area contributed by atoms with Gasteiger partial charge in [-0.25, -0.2) is 4.79 Å². The van der Waals surface area contributed by atoms with E-state index in [9.17, 15) is 19.7 Å². The summed E-state index contributed by atoms with van der Waals surface area (Å²) in [6.45, 7) is 1.88. The van der Waals surface area contributed by atoms with Gasteiger partial charge < -0.3 is 14.2 Å². The van der Waals surface area contributed by atoms with Crippen LogP contribution in [0.15, 0.2) is 57.9 Å². The number of amides is 1. The molecule has 0 spiro atoms. The molecule has 1 aliphatic heterocycles. The third-order valence-electron chi connectivity index (χ3n) is 5.17. The SMILES string of the molecule is Cc1cc(CSc2ccccc2C(=O)OCC(=O)N2CCCc3cc([N+](=O)[O-])ccc32)on1. The molecule has 1 aliphatic rings. The van der Waals surface area contributed by atoms with Crippen LogP contribution in [0.25, 0.3) is 0 Å². The number of carbonyl (C=O) groups is 2. The second-order valence-electron chi connectivity index (χ2n) is 7.51. The maximum atomic E-state index is 12.8. The molecule has 4 rings (SSSR count). The summed E-state index contributed by atoms with van der Waals surface area (Å²) in [6, 6.07) is 13.3. The van der Waals surface area contributed by atoms with Gasteiger partial charge in [0.15, 0.2) is 6.61 Å². The predicted octanol–water partition coefficient (Wildman–Crippen LogP) is 4.32. The number of nitro benzene ring substituents is 1. The van der Waals surface area contributed by atoms with Gasteiger partial charge in [-0.1, -0.05) is 17.3 Å². The first kappa shape index (κ1) is 22.5. The molecule has 0 N–H and O–H groups in total. The standard InChI is InChI=1S/C23H21N3O6S/c1-15-11-18(32-24-15)14-33-21-7-3-2-6-19(21)23(28)31-13-22(27)25-10-4-5-16-12-17(26(29)30)8-9-20(16)25/h2-3,6-9,11-12H,4-5,10,13-14H2,1H3. The van der Waals surface area contributed by atoms with Gasteiger partial charge in [0.25, 0.3) is 11.6 Å². The van der Waals surface area contributed by atoms with Crippen LogP contribution in [0, 0.1) is 17.0 Å². The summed E-state index contributed by atoms with van der Waals surface area (Å²) in [7, 11) is 0. The summed E-state index contributed by atoms with van der Waals surface area (Å²) in [5.74, 6) is 0.224. The zero-order valence-electron chi connectivity index (χ0n) is 17.9. The van der Waals surface area contributed by atoms with Crippen molar-refractivity contribution in [3.63, 3.8) is 0 Å². The fourth-order valence-corrected chi connectivity index (χ4v) is 4.55. The molecule has 10 heteroatoms. The number of hydrogen-bond acceptors (Lipinski definition) is 8. The number of nitrogens with zero attached hydrogens (tertiary/aromatic N) is 3. The lowest BCUT2D eigenvalue weighted by molar-refractivity contribution is -0.384. The molecular formula is C23H21N3O6S. The van der Waals surface area contributed by atoms with E-state index < -0.39 is 17.5 Å². The van der Waals surface area contributed by atoms with Gasteiger partial charge in [-0.3, -0.25) is 14.9 Å². The van der Waals surface area contributed by atoms with Crippen molar-refractivity contribution in [3.05, 3.63) is 81.2 Å². The van der Waals surface area contributed by atoms with Gasteiger partial charge in [0.2, 0.25) is 0 Å². The quantitative estimate of drug-likeness (QED) is 0.218. The topological polar surface area (TPSA) is 116 Å². The van der Waals surface area contributed by atoms with Crippen molar-refractivity contribution in [2.45, 2.75) is 30.4 Å². The largest absolute Gasteiger partial charge is 0.452 e. The minimum atomic E-state index is -0.596. The van der Waals surface area contributed by atoms with Crippen LogP contribution < -0.4 is 4.90 Å². The molecule has 33 heavy (non-hydrogen) atoms. The number of ether oxygens (including phenoxy) is 1. The first-order chi connectivity index (χ1) is 15.9. The maximum absolute atomic E-state index is 12.8. The van der Waals surface area contributed by atoms with E-state index >= 15 is 0 Å². The monoisotopic (exact) mass is 467 g/mol. The number of esters is 1. The van der Waals surface area contributed by atoms with Crippen molar-refractivity contribution in [3.8, 4) is 0 Å². The number of aromatic nitrogens is 1. The number of carbonyl (C=O) groups excluding carboxylic acids is 2. The summed E-state index contributed by atoms with van der Waals surface area (Å²) in [5, 5.41) is 14.9. The average Bonchev–Trinajstić information content (AvgIpc) is 3.25. The highest BCUT2D eigenvalue weighted by atomic mass is 32.2. The summed E-state index contributed by atoms with van der Waals surface area (Å²) >= 11 is 1.41. The number of aryl methyl sites for hydroxylation is 2. The fourth-order valence-electron chi connectivity index (χ4n) is 3.63. The van der Waals surface area contributed by atoms with Crippen LogP contribution in [0.5, 0.6) is 0 Å². The molecule has 0 bridgehead atoms. The van der Waals surface area contributed by atoms with E-state index in [0.29, 0.717) is 47.0 Å². The van der Waals surface area contributed by atoms with Gasteiger partial charge in [-0.2, -0.15) is 0 Å². The van der Waals surface area contributed by atoms with Gasteiger partial charge in [0.1, 0.15) is 5.76 Å². The molecular weight excluding hydrogens is 446 g/mol. The Balaban J connectivity index is 1.41. The van der Waals surface area contributed by atoms with Crippen molar-refractivity contribution in [2.75, 3.05) is 18.1 Å². The molecule has 2 aromatic carbocycles. The van der Waals surface area contributed by atoms with E-state index in [-0.39, 0.29) is 11.6 Å². The molecule has 0 aliphatic carbocycles. The van der Waals surface area contributed by atoms with Gasteiger partial charge in [-0.15, -0.1) is 11.8 Å². The van der Waals surface area contributed by atoms with Crippen LogP contribution in [-0.2, 0) is 21.7 Å². The molecule has 0 unspecified atom stereocenters. The first-order valence-corrected chi connectivity index (χ1v) is 11.3. The minimum absolute atomic E-state index is 0.0101. The number of thioether (sulfide) groups is 1. The van der Waals surface area contributed by atoms with Crippen molar-refractivity contribution in [1.29, 1.82) is 0 Å². The molecule has 1 amide bonds. The number of fused-ring (bicyclic) bond motifs is 1. The Labute approximate surface area is 193 Å². The van der Waals surface area contributed by atoms with Gasteiger partial charge in [0, 0.05) is 35.3 Å². The molecule has 0 fully saturated rings. The third kappa shape index (κ3) is 5.23. The van der Waals surface area contributed by atoms with E-state index in [2.05, 4.69) is 5.16 Å². The second-order valence-corrected chi connectivity index (χ2v) is 8.53. The number of nitro groups is 1. The Morgan fingerprint density at radius 3 is 2.82 bits per heavy atom. The van der Waals surface area contributed by atoms with Gasteiger partial charge in [-0.05, 0) is 43.5 Å². The normalized spacial score (nSPS) is 12.8. The van der Waals surface area contributed by atoms with Crippen molar-refractivity contribution >= 4 is 35.0 Å². The van der Waals surface area contributed by atoms with E-state index in [1.807, 2.05) is 19.1 Å². The number of hydrogen-bond donors (Lipinski definition) is 0. The lowest BCUT2D eigenvalue weighted by Crippen LogP contribution is -2.38. The van der Waals surface area contributed by atoms with Gasteiger partial charge in [0.05, 0.1) is 21.9 Å². The van der Waals surface area contributed by atoms with E-state index in [1.165, 1.54) is 28.8 Å². The highest BCUT2D eigenvalue weighted by molar-refractivity contribution is 7.98. The summed E-state index contributed by atoms with van der Waals surface area (Å²) in [4.78, 5) is 38.3. The molecule has 3 aromatic rings. The Hall–Kier alpha value is -3.66. The van der Waals surface area contributed by atoms with Crippen LogP contribution in [0.4, 0.5) is 11.4 Å². The van der Waals surface area contributed by atoms with Gasteiger partial charge >= 0.3 is 5.97 Å². The van der Waals surface area contributed by atoms with E-state index in [1.54, 1.807) is 24.3 Å². The number of anilines is 1. The molecule has 9 nitrogen and oxygen atoms in total. The first-order valence-electron chi connectivity index (χ1n) is 10.3.